The second kappa shape index (κ2) is 6.06. The van der Waals surface area contributed by atoms with Gasteiger partial charge >= 0.3 is 0 Å². The maximum absolute atomic E-state index is 12.2. The van der Waals surface area contributed by atoms with Gasteiger partial charge in [0.05, 0.1) is 0 Å². The summed E-state index contributed by atoms with van der Waals surface area (Å²) >= 11 is 0. The maximum Gasteiger partial charge on any atom is 0.261 e. The molecule has 0 bridgehead atoms. The van der Waals surface area contributed by atoms with Crippen molar-refractivity contribution < 1.29 is 15.0 Å². The number of carbonyl (C=O) groups excluding carboxylic acids is 1. The van der Waals surface area contributed by atoms with Gasteiger partial charge in [-0.15, -0.1) is 0 Å². The lowest BCUT2D eigenvalue weighted by molar-refractivity contribution is 0.0790. The summed E-state index contributed by atoms with van der Waals surface area (Å²) in [6.07, 6.45) is 2.31. The third-order valence-electron chi connectivity index (χ3n) is 3.01. The van der Waals surface area contributed by atoms with Crippen LogP contribution >= 0.6 is 0 Å². The first-order valence-corrected chi connectivity index (χ1v) is 6.26. The number of phenols is 2. The topological polar surface area (TPSA) is 73.7 Å². The van der Waals surface area contributed by atoms with Gasteiger partial charge in [0.15, 0.2) is 0 Å². The molecule has 0 saturated carbocycles. The number of amides is 1. The van der Waals surface area contributed by atoms with E-state index in [0.29, 0.717) is 13.0 Å². The maximum atomic E-state index is 12.2. The van der Waals surface area contributed by atoms with Crippen molar-refractivity contribution >= 4 is 5.91 Å². The number of likely N-dealkylation sites (N-methyl/N-ethyl adjacent to an activating group) is 1. The molecule has 1 aromatic carbocycles. The van der Waals surface area contributed by atoms with E-state index >= 15 is 0 Å². The van der Waals surface area contributed by atoms with Crippen molar-refractivity contribution in [1.29, 1.82) is 0 Å². The zero-order valence-electron chi connectivity index (χ0n) is 11.2. The Hall–Kier alpha value is -2.56. The van der Waals surface area contributed by atoms with Gasteiger partial charge in [0.1, 0.15) is 17.1 Å². The second-order valence-corrected chi connectivity index (χ2v) is 4.47. The molecule has 0 aliphatic rings. The highest BCUT2D eigenvalue weighted by molar-refractivity contribution is 5.99. The molecule has 1 aromatic heterocycles. The van der Waals surface area contributed by atoms with Crippen molar-refractivity contribution in [3.05, 3.63) is 53.9 Å². The van der Waals surface area contributed by atoms with Crippen LogP contribution in [0, 0.1) is 0 Å². The number of rotatable bonds is 4. The summed E-state index contributed by atoms with van der Waals surface area (Å²) in [5, 5.41) is 19.4. The number of phenolic OH excluding ortho intramolecular Hbond substituents is 2. The van der Waals surface area contributed by atoms with Gasteiger partial charge in [-0.1, -0.05) is 12.1 Å². The Balaban J connectivity index is 2.06. The monoisotopic (exact) mass is 272 g/mol. The average Bonchev–Trinajstić information content (AvgIpc) is 2.45. The summed E-state index contributed by atoms with van der Waals surface area (Å²) in [6.45, 7) is 0.448. The number of pyridine rings is 1. The lowest BCUT2D eigenvalue weighted by Gasteiger charge is -2.18. The fourth-order valence-electron chi connectivity index (χ4n) is 1.87. The van der Waals surface area contributed by atoms with E-state index in [4.69, 9.17) is 0 Å². The molecular formula is C15H16N2O3. The van der Waals surface area contributed by atoms with Crippen LogP contribution in [0.25, 0.3) is 0 Å². The minimum Gasteiger partial charge on any atom is -0.507 e. The minimum absolute atomic E-state index is 0.0731. The van der Waals surface area contributed by atoms with Crippen molar-refractivity contribution in [1.82, 2.24) is 9.88 Å². The largest absolute Gasteiger partial charge is 0.507 e. The highest BCUT2D eigenvalue weighted by Gasteiger charge is 2.19. The smallest absolute Gasteiger partial charge is 0.261 e. The van der Waals surface area contributed by atoms with Crippen LogP contribution in [-0.2, 0) is 6.42 Å². The van der Waals surface area contributed by atoms with Crippen LogP contribution in [0.15, 0.2) is 42.6 Å². The van der Waals surface area contributed by atoms with Crippen LogP contribution in [0.1, 0.15) is 16.1 Å². The van der Waals surface area contributed by atoms with Crippen molar-refractivity contribution in [3.8, 4) is 11.5 Å². The van der Waals surface area contributed by atoms with Gasteiger partial charge in [-0.05, 0) is 24.3 Å². The van der Waals surface area contributed by atoms with E-state index in [0.717, 1.165) is 5.69 Å². The molecule has 0 spiro atoms. The van der Waals surface area contributed by atoms with Gasteiger partial charge in [-0.3, -0.25) is 9.78 Å². The molecule has 5 heteroatoms. The van der Waals surface area contributed by atoms with Crippen LogP contribution < -0.4 is 0 Å². The average molecular weight is 272 g/mol. The van der Waals surface area contributed by atoms with Crippen LogP contribution in [0.3, 0.4) is 0 Å². The molecule has 20 heavy (non-hydrogen) atoms. The number of hydrogen-bond acceptors (Lipinski definition) is 4. The molecular weight excluding hydrogens is 256 g/mol. The molecule has 0 aliphatic heterocycles. The number of hydrogen-bond donors (Lipinski definition) is 2. The quantitative estimate of drug-likeness (QED) is 0.890. The molecule has 0 fully saturated rings. The predicted octanol–water partition coefficient (Wildman–Crippen LogP) is 1.81. The molecule has 0 aliphatic carbocycles. The SMILES string of the molecule is CN(CCc1ccccn1)C(=O)c1c(O)cccc1O. The van der Waals surface area contributed by atoms with E-state index in [-0.39, 0.29) is 17.1 Å². The van der Waals surface area contributed by atoms with E-state index in [9.17, 15) is 15.0 Å². The number of nitrogens with zero attached hydrogens (tertiary/aromatic N) is 2. The summed E-state index contributed by atoms with van der Waals surface area (Å²) in [5.74, 6) is -0.865. The molecule has 2 N–H and O–H groups in total. The van der Waals surface area contributed by atoms with Gasteiger partial charge in [-0.25, -0.2) is 0 Å². The molecule has 0 radical (unpaired) electrons. The van der Waals surface area contributed by atoms with Crippen LogP contribution in [0.4, 0.5) is 0 Å². The molecule has 0 unspecified atom stereocenters. The fourth-order valence-corrected chi connectivity index (χ4v) is 1.87. The Bertz CT molecular complexity index is 579. The van der Waals surface area contributed by atoms with E-state index in [2.05, 4.69) is 4.98 Å². The summed E-state index contributed by atoms with van der Waals surface area (Å²) in [7, 11) is 1.62. The molecule has 1 amide bonds. The van der Waals surface area contributed by atoms with Crippen LogP contribution in [0.5, 0.6) is 11.5 Å². The standard InChI is InChI=1S/C15H16N2O3/c1-17(10-8-11-5-2-3-9-16-11)15(20)14-12(18)6-4-7-13(14)19/h2-7,9,18-19H,8,10H2,1H3. The molecule has 0 atom stereocenters. The van der Waals surface area contributed by atoms with Gasteiger partial charge in [0, 0.05) is 31.9 Å². The van der Waals surface area contributed by atoms with Gasteiger partial charge in [0.25, 0.3) is 5.91 Å². The van der Waals surface area contributed by atoms with E-state index in [1.807, 2.05) is 18.2 Å². The summed E-state index contributed by atoms with van der Waals surface area (Å²) in [4.78, 5) is 17.8. The lowest BCUT2D eigenvalue weighted by Crippen LogP contribution is -2.29. The van der Waals surface area contributed by atoms with Gasteiger partial charge in [-0.2, -0.15) is 0 Å². The Labute approximate surface area is 117 Å². The molecule has 104 valence electrons. The van der Waals surface area contributed by atoms with Crippen molar-refractivity contribution in [2.45, 2.75) is 6.42 Å². The number of aromatic hydroxyl groups is 2. The normalized spacial score (nSPS) is 10.2. The van der Waals surface area contributed by atoms with E-state index in [1.165, 1.54) is 23.1 Å². The Morgan fingerprint density at radius 2 is 1.85 bits per heavy atom. The summed E-state index contributed by atoms with van der Waals surface area (Å²) in [6, 6.07) is 9.83. The molecule has 1 heterocycles. The first kappa shape index (κ1) is 13.9. The Morgan fingerprint density at radius 1 is 1.15 bits per heavy atom. The molecule has 2 rings (SSSR count). The van der Waals surface area contributed by atoms with Crippen molar-refractivity contribution in [2.75, 3.05) is 13.6 Å². The highest BCUT2D eigenvalue weighted by Crippen LogP contribution is 2.27. The fraction of sp³-hybridized carbons (Fsp3) is 0.200. The highest BCUT2D eigenvalue weighted by atomic mass is 16.3. The first-order valence-electron chi connectivity index (χ1n) is 6.26. The lowest BCUT2D eigenvalue weighted by atomic mass is 10.1. The second-order valence-electron chi connectivity index (χ2n) is 4.47. The number of carbonyl (C=O) groups is 1. The van der Waals surface area contributed by atoms with Crippen LogP contribution in [0.2, 0.25) is 0 Å². The summed E-state index contributed by atoms with van der Waals surface area (Å²) in [5.41, 5.74) is 0.810. The predicted molar refractivity (Wildman–Crippen MR) is 74.7 cm³/mol. The first-order chi connectivity index (χ1) is 9.59. The van der Waals surface area contributed by atoms with Crippen molar-refractivity contribution in [2.24, 2.45) is 0 Å². The zero-order valence-corrected chi connectivity index (χ0v) is 11.2. The molecule has 2 aromatic rings. The number of aromatic nitrogens is 1. The zero-order chi connectivity index (χ0) is 14.5. The Morgan fingerprint density at radius 3 is 2.45 bits per heavy atom. The molecule has 5 nitrogen and oxygen atoms in total. The number of benzene rings is 1. The molecule has 0 saturated heterocycles. The van der Waals surface area contributed by atoms with Crippen molar-refractivity contribution in [3.63, 3.8) is 0 Å². The van der Waals surface area contributed by atoms with Gasteiger partial charge < -0.3 is 15.1 Å². The van der Waals surface area contributed by atoms with E-state index < -0.39 is 5.91 Å². The third-order valence-corrected chi connectivity index (χ3v) is 3.01. The third kappa shape index (κ3) is 3.06. The van der Waals surface area contributed by atoms with Gasteiger partial charge in [0.2, 0.25) is 0 Å². The summed E-state index contributed by atoms with van der Waals surface area (Å²) < 4.78 is 0. The minimum atomic E-state index is -0.420. The van der Waals surface area contributed by atoms with E-state index in [1.54, 1.807) is 13.2 Å². The van der Waals surface area contributed by atoms with Crippen LogP contribution in [-0.4, -0.2) is 39.6 Å². The Kier molecular flexibility index (Phi) is 4.20.